The quantitative estimate of drug-likeness (QED) is 0.308. The van der Waals surface area contributed by atoms with Gasteiger partial charge >= 0.3 is 0 Å². The summed E-state index contributed by atoms with van der Waals surface area (Å²) < 4.78 is 0. The fraction of sp³-hybridized carbons (Fsp3) is 0.611. The molecule has 0 heterocycles. The molecule has 0 aliphatic heterocycles. The number of hydrogen-bond acceptors (Lipinski definition) is 3. The molecule has 0 bridgehead atoms. The molecular formula is C36H50O3. The van der Waals surface area contributed by atoms with Crippen LogP contribution in [-0.4, -0.2) is 33.6 Å². The molecule has 0 amide bonds. The van der Waals surface area contributed by atoms with Gasteiger partial charge in [-0.2, -0.15) is 0 Å². The van der Waals surface area contributed by atoms with Crippen LogP contribution in [0.25, 0.3) is 0 Å². The Bertz CT molecular complexity index is 1120. The highest BCUT2D eigenvalue weighted by molar-refractivity contribution is 5.39. The zero-order valence-corrected chi connectivity index (χ0v) is 24.4. The number of benzene rings is 1. The number of aliphatic hydroxyl groups excluding tert-OH is 3. The summed E-state index contributed by atoms with van der Waals surface area (Å²) >= 11 is 0. The van der Waals surface area contributed by atoms with E-state index in [9.17, 15) is 15.3 Å². The van der Waals surface area contributed by atoms with Crippen molar-refractivity contribution in [1.29, 1.82) is 0 Å². The SMILES string of the molecule is C=C1C(=CC=C2CCC[C@]3(C)[C@@H]([C@H](C)C=C[C@@H](O)C4(c5ccc(CCC)cc5)CC4)CC[C@@H]23)C[C@@H](O)C[C@@H]1O. The molecule has 1 aromatic rings. The van der Waals surface area contributed by atoms with E-state index in [0.717, 1.165) is 43.3 Å². The summed E-state index contributed by atoms with van der Waals surface area (Å²) in [6, 6.07) is 8.98. The fourth-order valence-corrected chi connectivity index (χ4v) is 8.39. The second-order valence-corrected chi connectivity index (χ2v) is 13.5. The molecule has 7 atom stereocenters. The summed E-state index contributed by atoms with van der Waals surface area (Å²) in [5, 5.41) is 31.7. The Hall–Kier alpha value is -1.94. The average molecular weight is 531 g/mol. The Morgan fingerprint density at radius 1 is 1.05 bits per heavy atom. The van der Waals surface area contributed by atoms with E-state index in [1.807, 2.05) is 0 Å². The van der Waals surface area contributed by atoms with Crippen molar-refractivity contribution in [2.75, 3.05) is 0 Å². The normalized spacial score (nSPS) is 35.9. The smallest absolute Gasteiger partial charge is 0.0817 e. The number of aryl methyl sites for hydroxylation is 1. The van der Waals surface area contributed by atoms with E-state index >= 15 is 0 Å². The van der Waals surface area contributed by atoms with E-state index in [-0.39, 0.29) is 10.8 Å². The molecule has 4 saturated carbocycles. The number of fused-ring (bicyclic) bond motifs is 1. The van der Waals surface area contributed by atoms with Crippen molar-refractivity contribution < 1.29 is 15.3 Å². The van der Waals surface area contributed by atoms with Crippen LogP contribution in [0, 0.1) is 23.2 Å². The molecule has 3 heteroatoms. The van der Waals surface area contributed by atoms with Crippen molar-refractivity contribution in [3.8, 4) is 0 Å². The summed E-state index contributed by atoms with van der Waals surface area (Å²) in [5.74, 6) is 1.62. The number of allylic oxidation sites excluding steroid dienone is 4. The lowest BCUT2D eigenvalue weighted by Crippen LogP contribution is -2.35. The minimum absolute atomic E-state index is 0.0956. The van der Waals surface area contributed by atoms with Gasteiger partial charge in [-0.3, -0.25) is 0 Å². The number of hydrogen-bond donors (Lipinski definition) is 3. The molecule has 39 heavy (non-hydrogen) atoms. The maximum Gasteiger partial charge on any atom is 0.0817 e. The van der Waals surface area contributed by atoms with Gasteiger partial charge in [0.2, 0.25) is 0 Å². The highest BCUT2D eigenvalue weighted by Gasteiger charge is 2.51. The lowest BCUT2D eigenvalue weighted by Gasteiger charge is -2.44. The third-order valence-corrected chi connectivity index (χ3v) is 11.0. The van der Waals surface area contributed by atoms with Crippen LogP contribution in [-0.2, 0) is 11.8 Å². The van der Waals surface area contributed by atoms with Gasteiger partial charge in [0.1, 0.15) is 0 Å². The third kappa shape index (κ3) is 5.65. The van der Waals surface area contributed by atoms with E-state index in [1.165, 1.54) is 42.4 Å². The van der Waals surface area contributed by atoms with E-state index in [2.05, 4.69) is 75.9 Å². The molecule has 0 radical (unpaired) electrons. The molecule has 212 valence electrons. The van der Waals surface area contributed by atoms with Crippen LogP contribution in [0.3, 0.4) is 0 Å². The van der Waals surface area contributed by atoms with Crippen LogP contribution in [0.1, 0.15) is 96.1 Å². The second-order valence-electron chi connectivity index (χ2n) is 13.5. The van der Waals surface area contributed by atoms with E-state index in [1.54, 1.807) is 0 Å². The van der Waals surface area contributed by atoms with Crippen molar-refractivity contribution in [2.24, 2.45) is 23.2 Å². The molecule has 1 aromatic carbocycles. The van der Waals surface area contributed by atoms with Crippen LogP contribution < -0.4 is 0 Å². The molecule has 0 unspecified atom stereocenters. The minimum Gasteiger partial charge on any atom is -0.393 e. The zero-order chi connectivity index (χ0) is 27.8. The summed E-state index contributed by atoms with van der Waals surface area (Å²) in [4.78, 5) is 0. The van der Waals surface area contributed by atoms with Crippen molar-refractivity contribution in [3.05, 3.63) is 83.0 Å². The molecule has 5 rings (SSSR count). The molecule has 3 N–H and O–H groups in total. The van der Waals surface area contributed by atoms with Crippen molar-refractivity contribution in [2.45, 2.75) is 115 Å². The second kappa shape index (κ2) is 11.5. The van der Waals surface area contributed by atoms with Gasteiger partial charge in [0.25, 0.3) is 0 Å². The molecule has 0 aromatic heterocycles. The maximum atomic E-state index is 11.3. The summed E-state index contributed by atoms with van der Waals surface area (Å²) in [7, 11) is 0. The van der Waals surface area contributed by atoms with Crippen LogP contribution >= 0.6 is 0 Å². The maximum absolute atomic E-state index is 11.3. The largest absolute Gasteiger partial charge is 0.393 e. The van der Waals surface area contributed by atoms with E-state index in [4.69, 9.17) is 0 Å². The standard InChI is InChI=1S/C36H50O3/c1-5-7-26-10-14-29(15-11-26)36(20-21-36)34(39)18-9-24(2)31-16-17-32-27(8-6-19-35(31,32)4)12-13-28-22-30(37)23-33(38)25(28)3/h9-15,18,24,30-34,37-39H,3,5-8,16-17,19-23H2,1-2,4H3/t24-,30-,31-,32+,33+,34-,35-/m1/s1. The third-order valence-electron chi connectivity index (χ3n) is 11.0. The fourth-order valence-electron chi connectivity index (χ4n) is 8.39. The topological polar surface area (TPSA) is 60.7 Å². The first-order valence-electron chi connectivity index (χ1n) is 15.6. The molecular weight excluding hydrogens is 480 g/mol. The number of aliphatic hydroxyl groups is 3. The summed E-state index contributed by atoms with van der Waals surface area (Å²) in [6.45, 7) is 11.2. The van der Waals surface area contributed by atoms with Crippen molar-refractivity contribution >= 4 is 0 Å². The first kappa shape index (κ1) is 28.6. The molecule has 0 spiro atoms. The van der Waals surface area contributed by atoms with E-state index < -0.39 is 18.3 Å². The Balaban J connectivity index is 1.27. The Morgan fingerprint density at radius 2 is 1.79 bits per heavy atom. The van der Waals surface area contributed by atoms with Gasteiger partial charge in [-0.05, 0) is 103 Å². The van der Waals surface area contributed by atoms with Crippen LogP contribution in [0.15, 0.2) is 71.9 Å². The Morgan fingerprint density at radius 3 is 2.49 bits per heavy atom. The Labute approximate surface area is 236 Å². The summed E-state index contributed by atoms with van der Waals surface area (Å²) in [5.41, 5.74) is 6.14. The predicted molar refractivity (Wildman–Crippen MR) is 160 cm³/mol. The van der Waals surface area contributed by atoms with Gasteiger partial charge in [-0.15, -0.1) is 0 Å². The highest BCUT2D eigenvalue weighted by atomic mass is 16.3. The van der Waals surface area contributed by atoms with Crippen molar-refractivity contribution in [1.82, 2.24) is 0 Å². The Kier molecular flexibility index (Phi) is 8.43. The van der Waals surface area contributed by atoms with Crippen molar-refractivity contribution in [3.63, 3.8) is 0 Å². The van der Waals surface area contributed by atoms with Gasteiger partial charge in [0.05, 0.1) is 18.3 Å². The van der Waals surface area contributed by atoms with Crippen LogP contribution in [0.5, 0.6) is 0 Å². The monoisotopic (exact) mass is 530 g/mol. The van der Waals surface area contributed by atoms with Crippen LogP contribution in [0.4, 0.5) is 0 Å². The molecule has 0 saturated heterocycles. The number of rotatable bonds is 8. The molecule has 4 aliphatic carbocycles. The lowest BCUT2D eigenvalue weighted by molar-refractivity contribution is 0.0862. The van der Waals surface area contributed by atoms with Gasteiger partial charge in [-0.25, -0.2) is 0 Å². The summed E-state index contributed by atoms with van der Waals surface area (Å²) in [6.07, 6.45) is 18.7. The lowest BCUT2D eigenvalue weighted by atomic mass is 9.61. The first-order chi connectivity index (χ1) is 18.7. The molecule has 4 aliphatic rings. The van der Waals surface area contributed by atoms with Gasteiger partial charge in [-0.1, -0.05) is 87.9 Å². The predicted octanol–water partition coefficient (Wildman–Crippen LogP) is 7.36. The minimum atomic E-state index is -0.635. The van der Waals surface area contributed by atoms with E-state index in [0.29, 0.717) is 30.6 Å². The highest BCUT2D eigenvalue weighted by Crippen LogP contribution is 2.60. The molecule has 4 fully saturated rings. The van der Waals surface area contributed by atoms with Gasteiger partial charge in [0.15, 0.2) is 0 Å². The molecule has 3 nitrogen and oxygen atoms in total. The zero-order valence-electron chi connectivity index (χ0n) is 24.4. The van der Waals surface area contributed by atoms with Gasteiger partial charge in [0, 0.05) is 11.8 Å². The average Bonchev–Trinajstić information content (AvgIpc) is 3.65. The van der Waals surface area contributed by atoms with Gasteiger partial charge < -0.3 is 15.3 Å². The van der Waals surface area contributed by atoms with Crippen LogP contribution in [0.2, 0.25) is 0 Å². The first-order valence-corrected chi connectivity index (χ1v) is 15.6.